The Balaban J connectivity index is 2.00. The molecule has 1 aromatic carbocycles. The van der Waals surface area contributed by atoms with E-state index in [4.69, 9.17) is 5.73 Å². The van der Waals surface area contributed by atoms with Gasteiger partial charge < -0.3 is 11.1 Å². The second-order valence-electron chi connectivity index (χ2n) is 5.38. The van der Waals surface area contributed by atoms with E-state index >= 15 is 0 Å². The Hall–Kier alpha value is -1.03. The van der Waals surface area contributed by atoms with Gasteiger partial charge in [0.15, 0.2) is 0 Å². The number of nitrogens with two attached hydrogens (primary N) is 1. The SMILES string of the molecule is CCC1CCCC(NC(=O)c2cc(N)cc(Br)c2)C1. The lowest BCUT2D eigenvalue weighted by Gasteiger charge is -2.29. The lowest BCUT2D eigenvalue weighted by molar-refractivity contribution is 0.0919. The molecule has 3 N–H and O–H groups in total. The van der Waals surface area contributed by atoms with Crippen LogP contribution in [-0.2, 0) is 0 Å². The summed E-state index contributed by atoms with van der Waals surface area (Å²) in [6.45, 7) is 2.23. The fourth-order valence-corrected chi connectivity index (χ4v) is 3.32. The van der Waals surface area contributed by atoms with Crippen LogP contribution in [0.15, 0.2) is 22.7 Å². The fourth-order valence-electron chi connectivity index (χ4n) is 2.81. The molecule has 104 valence electrons. The summed E-state index contributed by atoms with van der Waals surface area (Å²) in [6.07, 6.45) is 5.91. The first-order chi connectivity index (χ1) is 9.08. The number of hydrogen-bond acceptors (Lipinski definition) is 2. The molecular formula is C15H21BrN2O. The van der Waals surface area contributed by atoms with Crippen molar-refractivity contribution in [2.75, 3.05) is 5.73 Å². The zero-order chi connectivity index (χ0) is 13.8. The molecule has 3 nitrogen and oxygen atoms in total. The van der Waals surface area contributed by atoms with E-state index in [1.54, 1.807) is 12.1 Å². The van der Waals surface area contributed by atoms with E-state index in [0.717, 1.165) is 23.2 Å². The van der Waals surface area contributed by atoms with E-state index in [-0.39, 0.29) is 5.91 Å². The van der Waals surface area contributed by atoms with E-state index in [2.05, 4.69) is 28.2 Å². The normalized spacial score (nSPS) is 23.1. The van der Waals surface area contributed by atoms with E-state index in [1.807, 2.05) is 6.07 Å². The van der Waals surface area contributed by atoms with Crippen LogP contribution < -0.4 is 11.1 Å². The number of anilines is 1. The molecule has 1 amide bonds. The highest BCUT2D eigenvalue weighted by atomic mass is 79.9. The van der Waals surface area contributed by atoms with Crippen LogP contribution in [0.5, 0.6) is 0 Å². The Morgan fingerprint density at radius 2 is 2.21 bits per heavy atom. The van der Waals surface area contributed by atoms with Gasteiger partial charge in [-0.15, -0.1) is 0 Å². The number of amides is 1. The van der Waals surface area contributed by atoms with Crippen molar-refractivity contribution in [3.05, 3.63) is 28.2 Å². The minimum atomic E-state index is -0.0187. The van der Waals surface area contributed by atoms with Crippen molar-refractivity contribution < 1.29 is 4.79 Å². The van der Waals surface area contributed by atoms with Crippen LogP contribution >= 0.6 is 15.9 Å². The number of rotatable bonds is 3. The van der Waals surface area contributed by atoms with Crippen LogP contribution in [-0.4, -0.2) is 11.9 Å². The second-order valence-corrected chi connectivity index (χ2v) is 6.30. The molecule has 0 bridgehead atoms. The van der Waals surface area contributed by atoms with Gasteiger partial charge in [0.2, 0.25) is 0 Å². The highest BCUT2D eigenvalue weighted by molar-refractivity contribution is 9.10. The van der Waals surface area contributed by atoms with Crippen LogP contribution in [0.4, 0.5) is 5.69 Å². The van der Waals surface area contributed by atoms with Crippen LogP contribution in [0.3, 0.4) is 0 Å². The molecule has 1 aromatic rings. The molecule has 4 heteroatoms. The van der Waals surface area contributed by atoms with Crippen LogP contribution in [0, 0.1) is 5.92 Å². The second kappa shape index (κ2) is 6.42. The summed E-state index contributed by atoms with van der Waals surface area (Å²) < 4.78 is 0.840. The predicted molar refractivity (Wildman–Crippen MR) is 82.1 cm³/mol. The van der Waals surface area contributed by atoms with Gasteiger partial charge in [-0.05, 0) is 37.0 Å². The molecule has 1 fully saturated rings. The summed E-state index contributed by atoms with van der Waals surface area (Å²) in [6, 6.07) is 5.64. The van der Waals surface area contributed by atoms with Crippen molar-refractivity contribution >= 4 is 27.5 Å². The highest BCUT2D eigenvalue weighted by Crippen LogP contribution is 2.27. The summed E-state index contributed by atoms with van der Waals surface area (Å²) >= 11 is 3.37. The smallest absolute Gasteiger partial charge is 0.251 e. The molecule has 1 saturated carbocycles. The van der Waals surface area contributed by atoms with Crippen molar-refractivity contribution in [2.24, 2.45) is 5.92 Å². The summed E-state index contributed by atoms with van der Waals surface area (Å²) in [5.74, 6) is 0.737. The van der Waals surface area contributed by atoms with Gasteiger partial charge >= 0.3 is 0 Å². The van der Waals surface area contributed by atoms with Gasteiger partial charge in [-0.25, -0.2) is 0 Å². The van der Waals surface area contributed by atoms with E-state index < -0.39 is 0 Å². The van der Waals surface area contributed by atoms with E-state index in [1.165, 1.54) is 19.3 Å². The molecule has 2 rings (SSSR count). The number of nitrogen functional groups attached to an aromatic ring is 1. The number of carbonyl (C=O) groups is 1. The molecule has 0 radical (unpaired) electrons. The lowest BCUT2D eigenvalue weighted by Crippen LogP contribution is -2.38. The van der Waals surface area contributed by atoms with Gasteiger partial charge in [-0.2, -0.15) is 0 Å². The number of benzene rings is 1. The first-order valence-corrected chi connectivity index (χ1v) is 7.74. The van der Waals surface area contributed by atoms with Crippen molar-refractivity contribution in [2.45, 2.75) is 45.1 Å². The highest BCUT2D eigenvalue weighted by Gasteiger charge is 2.22. The molecular weight excluding hydrogens is 304 g/mol. The Morgan fingerprint density at radius 3 is 2.89 bits per heavy atom. The first-order valence-electron chi connectivity index (χ1n) is 6.95. The summed E-state index contributed by atoms with van der Waals surface area (Å²) in [4.78, 5) is 12.2. The topological polar surface area (TPSA) is 55.1 Å². The third kappa shape index (κ3) is 3.96. The zero-order valence-corrected chi connectivity index (χ0v) is 12.9. The molecule has 0 saturated heterocycles. The molecule has 0 aliphatic heterocycles. The maximum absolute atomic E-state index is 12.2. The Morgan fingerprint density at radius 1 is 1.42 bits per heavy atom. The summed E-state index contributed by atoms with van der Waals surface area (Å²) in [7, 11) is 0. The average Bonchev–Trinajstić information content (AvgIpc) is 2.37. The first kappa shape index (κ1) is 14.4. The Bertz CT molecular complexity index is 441. The Labute approximate surface area is 123 Å². The third-order valence-electron chi connectivity index (χ3n) is 3.88. The van der Waals surface area contributed by atoms with Gasteiger partial charge in [0.05, 0.1) is 0 Å². The summed E-state index contributed by atoms with van der Waals surface area (Å²) in [5.41, 5.74) is 7.00. The number of nitrogens with one attached hydrogen (secondary N) is 1. The van der Waals surface area contributed by atoms with Gasteiger partial charge in [0, 0.05) is 21.8 Å². The van der Waals surface area contributed by atoms with Gasteiger partial charge in [-0.1, -0.05) is 42.1 Å². The third-order valence-corrected chi connectivity index (χ3v) is 4.34. The number of halogens is 1. The quantitative estimate of drug-likeness (QED) is 0.832. The molecule has 19 heavy (non-hydrogen) atoms. The van der Waals surface area contributed by atoms with Gasteiger partial charge in [0.25, 0.3) is 5.91 Å². The van der Waals surface area contributed by atoms with E-state index in [9.17, 15) is 4.79 Å². The van der Waals surface area contributed by atoms with E-state index in [0.29, 0.717) is 17.3 Å². The van der Waals surface area contributed by atoms with Crippen molar-refractivity contribution in [1.82, 2.24) is 5.32 Å². The summed E-state index contributed by atoms with van der Waals surface area (Å²) in [5, 5.41) is 3.14. The van der Waals surface area contributed by atoms with Crippen LogP contribution in [0.1, 0.15) is 49.4 Å². The zero-order valence-electron chi connectivity index (χ0n) is 11.3. The molecule has 2 unspecified atom stereocenters. The molecule has 2 atom stereocenters. The number of hydrogen-bond donors (Lipinski definition) is 2. The average molecular weight is 325 g/mol. The van der Waals surface area contributed by atoms with Crippen molar-refractivity contribution in [1.29, 1.82) is 0 Å². The predicted octanol–water partition coefficient (Wildman–Crippen LogP) is 3.73. The number of carbonyl (C=O) groups excluding carboxylic acids is 1. The van der Waals surface area contributed by atoms with Crippen molar-refractivity contribution in [3.8, 4) is 0 Å². The van der Waals surface area contributed by atoms with Crippen molar-refractivity contribution in [3.63, 3.8) is 0 Å². The molecule has 0 aromatic heterocycles. The maximum Gasteiger partial charge on any atom is 0.251 e. The van der Waals surface area contributed by atoms with Gasteiger partial charge in [0.1, 0.15) is 0 Å². The molecule has 0 spiro atoms. The fraction of sp³-hybridized carbons (Fsp3) is 0.533. The molecule has 1 aliphatic carbocycles. The van der Waals surface area contributed by atoms with Gasteiger partial charge in [-0.3, -0.25) is 4.79 Å². The monoisotopic (exact) mass is 324 g/mol. The lowest BCUT2D eigenvalue weighted by atomic mass is 9.84. The maximum atomic E-state index is 12.2. The standard InChI is InChI=1S/C15H21BrN2O/c1-2-10-4-3-5-14(6-10)18-15(19)11-7-12(16)9-13(17)8-11/h7-10,14H,2-6,17H2,1H3,(H,18,19). The van der Waals surface area contributed by atoms with Crippen LogP contribution in [0.2, 0.25) is 0 Å². The minimum Gasteiger partial charge on any atom is -0.399 e. The minimum absolute atomic E-state index is 0.0187. The van der Waals surface area contributed by atoms with Crippen LogP contribution in [0.25, 0.3) is 0 Å². The molecule has 0 heterocycles. The Kier molecular flexibility index (Phi) is 4.86. The largest absolute Gasteiger partial charge is 0.399 e. The molecule has 1 aliphatic rings.